The van der Waals surface area contributed by atoms with E-state index in [0.717, 1.165) is 6.42 Å². The van der Waals surface area contributed by atoms with E-state index in [1.165, 1.54) is 0 Å². The molecule has 1 atom stereocenters. The van der Waals surface area contributed by atoms with E-state index in [0.29, 0.717) is 22.2 Å². The zero-order valence-electron chi connectivity index (χ0n) is 10.2. The van der Waals surface area contributed by atoms with Gasteiger partial charge in [0.05, 0.1) is 14.2 Å². The minimum atomic E-state index is -0.276. The summed E-state index contributed by atoms with van der Waals surface area (Å²) in [5, 5.41) is 0. The van der Waals surface area contributed by atoms with Crippen molar-refractivity contribution in [1.29, 1.82) is 0 Å². The number of rotatable bonds is 6. The Morgan fingerprint density at radius 2 is 1.65 bits per heavy atom. The number of hydrogen-bond acceptors (Lipinski definition) is 4. The summed E-state index contributed by atoms with van der Waals surface area (Å²) < 4.78 is 16.0. The van der Waals surface area contributed by atoms with Crippen molar-refractivity contribution in [2.45, 2.75) is 19.4 Å². The van der Waals surface area contributed by atoms with Gasteiger partial charge < -0.3 is 19.9 Å². The first kappa shape index (κ1) is 13.6. The second-order valence-electron chi connectivity index (χ2n) is 3.47. The van der Waals surface area contributed by atoms with Gasteiger partial charge in [-0.2, -0.15) is 0 Å². The molecule has 0 amide bonds. The Balaban J connectivity index is 2.92. The molecule has 0 radical (unpaired) electrons. The topological polar surface area (TPSA) is 53.7 Å². The van der Waals surface area contributed by atoms with Crippen LogP contribution in [0.4, 0.5) is 0 Å². The molecule has 2 N–H and O–H groups in total. The molecular weight excluding hydrogens is 238 g/mol. The molecule has 0 aliphatic carbocycles. The van der Waals surface area contributed by atoms with Crippen LogP contribution in [0.25, 0.3) is 0 Å². The number of thiocarbonyl (C=S) groups is 1. The van der Waals surface area contributed by atoms with E-state index >= 15 is 0 Å². The third-order valence-corrected chi connectivity index (χ3v) is 2.55. The molecule has 0 aliphatic heterocycles. The van der Waals surface area contributed by atoms with Gasteiger partial charge in [-0.3, -0.25) is 0 Å². The molecule has 0 aromatic heterocycles. The summed E-state index contributed by atoms with van der Waals surface area (Å²) in [5.74, 6) is 1.95. The molecule has 0 spiro atoms. The molecule has 1 rings (SSSR count). The average Bonchev–Trinajstić information content (AvgIpc) is 2.34. The quantitative estimate of drug-likeness (QED) is 0.789. The maximum absolute atomic E-state index is 5.68. The lowest BCUT2D eigenvalue weighted by Crippen LogP contribution is -2.31. The van der Waals surface area contributed by atoms with E-state index in [4.69, 9.17) is 32.2 Å². The molecule has 0 heterocycles. The van der Waals surface area contributed by atoms with E-state index in [1.54, 1.807) is 32.4 Å². The van der Waals surface area contributed by atoms with E-state index < -0.39 is 0 Å². The molecule has 1 aromatic rings. The van der Waals surface area contributed by atoms with Crippen LogP contribution in [-0.4, -0.2) is 25.3 Å². The summed E-state index contributed by atoms with van der Waals surface area (Å²) in [6.45, 7) is 1.96. The van der Waals surface area contributed by atoms with Crippen molar-refractivity contribution in [3.8, 4) is 17.2 Å². The standard InChI is InChI=1S/C12H17NO3S/c1-4-11(12(13)17)16-10-6-8(14-2)5-9(7-10)15-3/h5-7,11H,4H2,1-3H3,(H2,13,17). The van der Waals surface area contributed by atoms with E-state index in [1.807, 2.05) is 6.92 Å². The Bertz CT molecular complexity index is 373. The molecule has 0 aliphatic rings. The van der Waals surface area contributed by atoms with Gasteiger partial charge in [-0.05, 0) is 6.42 Å². The highest BCUT2D eigenvalue weighted by Crippen LogP contribution is 2.28. The first-order chi connectivity index (χ1) is 8.10. The zero-order valence-corrected chi connectivity index (χ0v) is 11.0. The summed E-state index contributed by atoms with van der Waals surface area (Å²) in [6.07, 6.45) is 0.441. The van der Waals surface area contributed by atoms with Crippen molar-refractivity contribution in [2.75, 3.05) is 14.2 Å². The van der Waals surface area contributed by atoms with Crippen LogP contribution in [0.2, 0.25) is 0 Å². The molecule has 0 saturated carbocycles. The van der Waals surface area contributed by atoms with Crippen molar-refractivity contribution >= 4 is 17.2 Å². The fourth-order valence-corrected chi connectivity index (χ4v) is 1.57. The van der Waals surface area contributed by atoms with Gasteiger partial charge in [0, 0.05) is 18.2 Å². The lowest BCUT2D eigenvalue weighted by atomic mass is 10.2. The molecule has 17 heavy (non-hydrogen) atoms. The Labute approximate surface area is 107 Å². The molecule has 1 unspecified atom stereocenters. The third kappa shape index (κ3) is 3.78. The fraction of sp³-hybridized carbons (Fsp3) is 0.417. The smallest absolute Gasteiger partial charge is 0.148 e. The monoisotopic (exact) mass is 255 g/mol. The van der Waals surface area contributed by atoms with Gasteiger partial charge in [-0.15, -0.1) is 0 Å². The van der Waals surface area contributed by atoms with Crippen LogP contribution in [0.3, 0.4) is 0 Å². The zero-order chi connectivity index (χ0) is 12.8. The number of ether oxygens (including phenoxy) is 3. The minimum absolute atomic E-state index is 0.276. The maximum atomic E-state index is 5.68. The van der Waals surface area contributed by atoms with Crippen molar-refractivity contribution in [2.24, 2.45) is 5.73 Å². The first-order valence-corrected chi connectivity index (χ1v) is 5.70. The summed E-state index contributed by atoms with van der Waals surface area (Å²) >= 11 is 4.93. The number of methoxy groups -OCH3 is 2. The highest BCUT2D eigenvalue weighted by atomic mass is 32.1. The molecule has 0 fully saturated rings. The van der Waals surface area contributed by atoms with Gasteiger partial charge in [0.2, 0.25) is 0 Å². The Hall–Kier alpha value is -1.49. The highest BCUT2D eigenvalue weighted by molar-refractivity contribution is 7.80. The van der Waals surface area contributed by atoms with E-state index in [2.05, 4.69) is 0 Å². The predicted molar refractivity (Wildman–Crippen MR) is 71.0 cm³/mol. The van der Waals surface area contributed by atoms with Gasteiger partial charge in [0.1, 0.15) is 28.3 Å². The van der Waals surface area contributed by atoms with Gasteiger partial charge in [0.25, 0.3) is 0 Å². The highest BCUT2D eigenvalue weighted by Gasteiger charge is 2.12. The normalized spacial score (nSPS) is 11.7. The number of hydrogen-bond donors (Lipinski definition) is 1. The van der Waals surface area contributed by atoms with Gasteiger partial charge in [0.15, 0.2) is 0 Å². The molecule has 5 heteroatoms. The second-order valence-corrected chi connectivity index (χ2v) is 3.94. The lowest BCUT2D eigenvalue weighted by molar-refractivity contribution is 0.261. The molecule has 0 bridgehead atoms. The fourth-order valence-electron chi connectivity index (χ4n) is 1.36. The third-order valence-electron chi connectivity index (χ3n) is 2.29. The van der Waals surface area contributed by atoms with Crippen molar-refractivity contribution in [3.05, 3.63) is 18.2 Å². The molecule has 4 nitrogen and oxygen atoms in total. The van der Waals surface area contributed by atoms with Crippen LogP contribution < -0.4 is 19.9 Å². The van der Waals surface area contributed by atoms with E-state index in [-0.39, 0.29) is 6.10 Å². The second kappa shape index (κ2) is 6.30. The lowest BCUT2D eigenvalue weighted by Gasteiger charge is -2.17. The van der Waals surface area contributed by atoms with E-state index in [9.17, 15) is 0 Å². The van der Waals surface area contributed by atoms with Gasteiger partial charge >= 0.3 is 0 Å². The molecule has 1 aromatic carbocycles. The first-order valence-electron chi connectivity index (χ1n) is 5.29. The van der Waals surface area contributed by atoms with Crippen LogP contribution in [-0.2, 0) is 0 Å². The Kier molecular flexibility index (Phi) is 5.03. The van der Waals surface area contributed by atoms with Gasteiger partial charge in [-0.1, -0.05) is 19.1 Å². The largest absolute Gasteiger partial charge is 0.496 e. The summed E-state index contributed by atoms with van der Waals surface area (Å²) in [7, 11) is 3.17. The SMILES string of the molecule is CCC(Oc1cc(OC)cc(OC)c1)C(N)=S. The summed E-state index contributed by atoms with van der Waals surface area (Å²) in [5.41, 5.74) is 5.58. The van der Waals surface area contributed by atoms with Crippen molar-refractivity contribution < 1.29 is 14.2 Å². The van der Waals surface area contributed by atoms with Crippen LogP contribution in [0.1, 0.15) is 13.3 Å². The number of nitrogens with two attached hydrogens (primary N) is 1. The summed E-state index contributed by atoms with van der Waals surface area (Å²) in [6, 6.07) is 5.31. The Morgan fingerprint density at radius 3 is 2.00 bits per heavy atom. The minimum Gasteiger partial charge on any atom is -0.496 e. The summed E-state index contributed by atoms with van der Waals surface area (Å²) in [4.78, 5) is 0.342. The maximum Gasteiger partial charge on any atom is 0.148 e. The molecular formula is C12H17NO3S. The van der Waals surface area contributed by atoms with Crippen LogP contribution in [0.15, 0.2) is 18.2 Å². The van der Waals surface area contributed by atoms with Crippen LogP contribution >= 0.6 is 12.2 Å². The van der Waals surface area contributed by atoms with Gasteiger partial charge in [-0.25, -0.2) is 0 Å². The number of benzene rings is 1. The molecule has 94 valence electrons. The van der Waals surface area contributed by atoms with Crippen molar-refractivity contribution in [3.63, 3.8) is 0 Å². The Morgan fingerprint density at radius 1 is 1.18 bits per heavy atom. The van der Waals surface area contributed by atoms with Crippen LogP contribution in [0.5, 0.6) is 17.2 Å². The predicted octanol–water partition coefficient (Wildman–Crippen LogP) is 2.15. The van der Waals surface area contributed by atoms with Crippen molar-refractivity contribution in [1.82, 2.24) is 0 Å². The average molecular weight is 255 g/mol. The molecule has 0 saturated heterocycles. The van der Waals surface area contributed by atoms with Crippen LogP contribution in [0, 0.1) is 0 Å².